The lowest BCUT2D eigenvalue weighted by molar-refractivity contribution is 0.0930. The number of hydrogen-bond donors (Lipinski definition) is 3. The maximum Gasteiger partial charge on any atom is 0.404 e. The number of rotatable bonds is 6. The van der Waals surface area contributed by atoms with E-state index in [-0.39, 0.29) is 24.2 Å². The number of carbonyl (C=O) groups is 2. The van der Waals surface area contributed by atoms with Gasteiger partial charge in [-0.3, -0.25) is 4.79 Å². The molecule has 120 valence electrons. The third kappa shape index (κ3) is 5.71. The van der Waals surface area contributed by atoms with Gasteiger partial charge in [0.25, 0.3) is 5.91 Å². The molecule has 0 fully saturated rings. The molecule has 7 heteroatoms. The topological polar surface area (TPSA) is 91.3 Å². The van der Waals surface area contributed by atoms with E-state index in [9.17, 15) is 9.59 Å². The van der Waals surface area contributed by atoms with Crippen LogP contribution in [-0.4, -0.2) is 34.7 Å². The van der Waals surface area contributed by atoms with E-state index >= 15 is 0 Å². The van der Waals surface area contributed by atoms with Crippen molar-refractivity contribution >= 4 is 27.9 Å². The van der Waals surface area contributed by atoms with Crippen LogP contribution < -0.4 is 10.6 Å². The van der Waals surface area contributed by atoms with Crippen LogP contribution in [0.15, 0.2) is 53.1 Å². The molecule has 2 aromatic rings. The summed E-state index contributed by atoms with van der Waals surface area (Å²) in [6, 6.07) is 12.5. The van der Waals surface area contributed by atoms with Crippen molar-refractivity contribution in [2.45, 2.75) is 12.5 Å². The molecule has 0 aliphatic heterocycles. The number of carboxylic acid groups (broad SMARTS) is 1. The Morgan fingerprint density at radius 2 is 1.91 bits per heavy atom. The Balaban J connectivity index is 2.05. The molecule has 2 amide bonds. The Bertz CT molecular complexity index is 662. The first kappa shape index (κ1) is 17.0. The third-order valence-corrected chi connectivity index (χ3v) is 3.59. The molecule has 1 atom stereocenters. The Kier molecular flexibility index (Phi) is 6.10. The third-order valence-electron chi connectivity index (χ3n) is 3.12. The van der Waals surface area contributed by atoms with Crippen molar-refractivity contribution in [3.63, 3.8) is 0 Å². The molecule has 0 saturated carbocycles. The largest absolute Gasteiger partial charge is 0.465 e. The zero-order chi connectivity index (χ0) is 16.7. The highest BCUT2D eigenvalue weighted by molar-refractivity contribution is 9.10. The Morgan fingerprint density at radius 1 is 1.17 bits per heavy atom. The number of carbonyl (C=O) groups excluding carboxylic acids is 1. The van der Waals surface area contributed by atoms with Crippen molar-refractivity contribution in [2.24, 2.45) is 0 Å². The SMILES string of the molecule is O=C(O)NCC(Cc1ccccc1)NC(=O)c1ccc(Br)cn1. The average molecular weight is 378 g/mol. The van der Waals surface area contributed by atoms with Crippen molar-refractivity contribution < 1.29 is 14.7 Å². The van der Waals surface area contributed by atoms with Gasteiger partial charge in [-0.2, -0.15) is 0 Å². The first-order valence-electron chi connectivity index (χ1n) is 6.97. The van der Waals surface area contributed by atoms with Crippen LogP contribution in [0.4, 0.5) is 4.79 Å². The van der Waals surface area contributed by atoms with Gasteiger partial charge in [-0.05, 0) is 40.0 Å². The lowest BCUT2D eigenvalue weighted by atomic mass is 10.1. The van der Waals surface area contributed by atoms with Gasteiger partial charge in [-0.1, -0.05) is 30.3 Å². The van der Waals surface area contributed by atoms with Crippen LogP contribution in [0, 0.1) is 0 Å². The molecule has 0 aliphatic rings. The molecular formula is C16H16BrN3O3. The predicted molar refractivity (Wildman–Crippen MR) is 89.4 cm³/mol. The normalized spacial score (nSPS) is 11.5. The Morgan fingerprint density at radius 3 is 2.52 bits per heavy atom. The smallest absolute Gasteiger partial charge is 0.404 e. The van der Waals surface area contributed by atoms with Crippen LogP contribution in [0.25, 0.3) is 0 Å². The van der Waals surface area contributed by atoms with E-state index in [0.717, 1.165) is 10.0 Å². The van der Waals surface area contributed by atoms with Gasteiger partial charge in [-0.15, -0.1) is 0 Å². The van der Waals surface area contributed by atoms with Crippen LogP contribution in [0.1, 0.15) is 16.1 Å². The maximum absolute atomic E-state index is 12.2. The molecule has 3 N–H and O–H groups in total. The summed E-state index contributed by atoms with van der Waals surface area (Å²) in [6.07, 6.45) is 0.930. The van der Waals surface area contributed by atoms with E-state index in [2.05, 4.69) is 31.5 Å². The predicted octanol–water partition coefficient (Wildman–Crippen LogP) is 2.45. The van der Waals surface area contributed by atoms with E-state index in [0.29, 0.717) is 6.42 Å². The van der Waals surface area contributed by atoms with Crippen molar-refractivity contribution in [3.8, 4) is 0 Å². The summed E-state index contributed by atoms with van der Waals surface area (Å²) < 4.78 is 0.780. The van der Waals surface area contributed by atoms with Crippen molar-refractivity contribution in [3.05, 3.63) is 64.4 Å². The van der Waals surface area contributed by atoms with Crippen molar-refractivity contribution in [2.75, 3.05) is 6.54 Å². The molecule has 6 nitrogen and oxygen atoms in total. The van der Waals surface area contributed by atoms with Crippen LogP contribution in [-0.2, 0) is 6.42 Å². The second kappa shape index (κ2) is 8.28. The quantitative estimate of drug-likeness (QED) is 0.720. The first-order chi connectivity index (χ1) is 11.0. The number of nitrogens with one attached hydrogen (secondary N) is 2. The number of halogens is 1. The molecule has 0 bridgehead atoms. The second-order valence-corrected chi connectivity index (χ2v) is 5.82. The highest BCUT2D eigenvalue weighted by Gasteiger charge is 2.16. The minimum Gasteiger partial charge on any atom is -0.465 e. The standard InChI is InChI=1S/C16H16BrN3O3/c17-12-6-7-14(18-9-12)15(21)20-13(10-19-16(22)23)8-11-4-2-1-3-5-11/h1-7,9,13,19H,8,10H2,(H,20,21)(H,22,23). The molecule has 1 aromatic heterocycles. The van der Waals surface area contributed by atoms with Gasteiger partial charge in [0.1, 0.15) is 5.69 Å². The fourth-order valence-corrected chi connectivity index (χ4v) is 2.29. The van der Waals surface area contributed by atoms with Gasteiger partial charge in [-0.25, -0.2) is 9.78 Å². The molecular weight excluding hydrogens is 362 g/mol. The number of pyridine rings is 1. The van der Waals surface area contributed by atoms with Gasteiger partial charge in [0, 0.05) is 17.2 Å². The fraction of sp³-hybridized carbons (Fsp3) is 0.188. The Labute approximate surface area is 142 Å². The molecule has 0 radical (unpaired) electrons. The summed E-state index contributed by atoms with van der Waals surface area (Å²) in [5.74, 6) is -0.342. The van der Waals surface area contributed by atoms with E-state index in [1.807, 2.05) is 30.3 Å². The summed E-state index contributed by atoms with van der Waals surface area (Å²) in [5.41, 5.74) is 1.29. The average Bonchev–Trinajstić information content (AvgIpc) is 2.54. The van der Waals surface area contributed by atoms with E-state index in [1.54, 1.807) is 12.1 Å². The van der Waals surface area contributed by atoms with E-state index in [1.165, 1.54) is 6.20 Å². The van der Waals surface area contributed by atoms with Gasteiger partial charge < -0.3 is 15.7 Å². The summed E-state index contributed by atoms with van der Waals surface area (Å²) >= 11 is 3.26. The van der Waals surface area contributed by atoms with Crippen molar-refractivity contribution in [1.82, 2.24) is 15.6 Å². The molecule has 23 heavy (non-hydrogen) atoms. The minimum atomic E-state index is -1.13. The maximum atomic E-state index is 12.2. The summed E-state index contributed by atoms with van der Waals surface area (Å²) in [4.78, 5) is 27.0. The monoisotopic (exact) mass is 377 g/mol. The number of aromatic nitrogens is 1. The van der Waals surface area contributed by atoms with Gasteiger partial charge in [0.15, 0.2) is 0 Å². The lowest BCUT2D eigenvalue weighted by Gasteiger charge is -2.18. The summed E-state index contributed by atoms with van der Waals surface area (Å²) in [7, 11) is 0. The number of nitrogens with zero attached hydrogens (tertiary/aromatic N) is 1. The highest BCUT2D eigenvalue weighted by Crippen LogP contribution is 2.08. The molecule has 0 saturated heterocycles. The number of hydrogen-bond acceptors (Lipinski definition) is 3. The lowest BCUT2D eigenvalue weighted by Crippen LogP contribution is -2.44. The first-order valence-corrected chi connectivity index (χ1v) is 7.77. The summed E-state index contributed by atoms with van der Waals surface area (Å²) in [5, 5.41) is 13.9. The summed E-state index contributed by atoms with van der Waals surface area (Å²) in [6.45, 7) is 0.118. The zero-order valence-electron chi connectivity index (χ0n) is 12.2. The molecule has 1 heterocycles. The molecule has 2 rings (SSSR count). The highest BCUT2D eigenvalue weighted by atomic mass is 79.9. The van der Waals surface area contributed by atoms with E-state index < -0.39 is 6.09 Å². The van der Waals surface area contributed by atoms with Crippen LogP contribution >= 0.6 is 15.9 Å². The number of benzene rings is 1. The van der Waals surface area contributed by atoms with Crippen molar-refractivity contribution in [1.29, 1.82) is 0 Å². The molecule has 1 unspecified atom stereocenters. The molecule has 0 aliphatic carbocycles. The van der Waals surface area contributed by atoms with Gasteiger partial charge in [0.2, 0.25) is 0 Å². The molecule has 1 aromatic carbocycles. The van der Waals surface area contributed by atoms with Crippen LogP contribution in [0.5, 0.6) is 0 Å². The Hall–Kier alpha value is -2.41. The fourth-order valence-electron chi connectivity index (χ4n) is 2.05. The zero-order valence-corrected chi connectivity index (χ0v) is 13.8. The second-order valence-electron chi connectivity index (χ2n) is 4.91. The van der Waals surface area contributed by atoms with E-state index in [4.69, 9.17) is 5.11 Å². The minimum absolute atomic E-state index is 0.118. The molecule has 0 spiro atoms. The van der Waals surface area contributed by atoms with Gasteiger partial charge in [0.05, 0.1) is 6.04 Å². The van der Waals surface area contributed by atoms with Crippen LogP contribution in [0.3, 0.4) is 0 Å². The number of amides is 2. The van der Waals surface area contributed by atoms with Gasteiger partial charge >= 0.3 is 6.09 Å². The van der Waals surface area contributed by atoms with Crippen LogP contribution in [0.2, 0.25) is 0 Å².